The minimum Gasteiger partial charge on any atom is -0.428 e. The first-order valence-corrected chi connectivity index (χ1v) is 7.73. The van der Waals surface area contributed by atoms with E-state index in [4.69, 9.17) is 16.3 Å². The monoisotopic (exact) mass is 366 g/mol. The lowest BCUT2D eigenvalue weighted by Gasteiger charge is -2.06. The van der Waals surface area contributed by atoms with Crippen molar-refractivity contribution in [2.75, 3.05) is 0 Å². The highest BCUT2D eigenvalue weighted by Gasteiger charge is 2.09. The molecule has 20 heavy (non-hydrogen) atoms. The Morgan fingerprint density at radius 1 is 1.00 bits per heavy atom. The molecule has 0 aliphatic heterocycles. The molecule has 0 bridgehead atoms. The summed E-state index contributed by atoms with van der Waals surface area (Å²) in [7, 11) is 0. The van der Waals surface area contributed by atoms with Crippen LogP contribution >= 0.6 is 38.9 Å². The minimum atomic E-state index is 0.450. The molecule has 0 unspecified atom stereocenters. The minimum absolute atomic E-state index is 0.450. The Hall–Kier alpha value is -1.43. The van der Waals surface area contributed by atoms with Crippen LogP contribution < -0.4 is 4.74 Å². The van der Waals surface area contributed by atoms with E-state index >= 15 is 0 Å². The van der Waals surface area contributed by atoms with Crippen LogP contribution in [0.5, 0.6) is 10.9 Å². The normalized spacial score (nSPS) is 10.5. The predicted molar refractivity (Wildman–Crippen MR) is 84.6 cm³/mol. The van der Waals surface area contributed by atoms with Gasteiger partial charge in [0.25, 0.3) is 5.19 Å². The molecule has 0 fully saturated rings. The van der Waals surface area contributed by atoms with Gasteiger partial charge in [-0.1, -0.05) is 53.1 Å². The van der Waals surface area contributed by atoms with E-state index in [1.807, 2.05) is 48.5 Å². The van der Waals surface area contributed by atoms with E-state index in [-0.39, 0.29) is 0 Å². The van der Waals surface area contributed by atoms with Crippen molar-refractivity contribution in [1.29, 1.82) is 0 Å². The van der Waals surface area contributed by atoms with E-state index in [2.05, 4.69) is 26.1 Å². The first kappa shape index (κ1) is 13.5. The second kappa shape index (κ2) is 5.91. The van der Waals surface area contributed by atoms with Crippen LogP contribution in [-0.4, -0.2) is 10.2 Å². The summed E-state index contributed by atoms with van der Waals surface area (Å²) in [4.78, 5) is 0. The van der Waals surface area contributed by atoms with Gasteiger partial charge < -0.3 is 4.74 Å². The first-order valence-electron chi connectivity index (χ1n) is 5.74. The molecule has 3 rings (SSSR count). The molecule has 0 radical (unpaired) electrons. The number of hydrogen-bond acceptors (Lipinski definition) is 4. The smallest absolute Gasteiger partial charge is 0.300 e. The van der Waals surface area contributed by atoms with Gasteiger partial charge in [0, 0.05) is 0 Å². The summed E-state index contributed by atoms with van der Waals surface area (Å²) in [6.07, 6.45) is 0. The molecule has 3 nitrogen and oxygen atoms in total. The molecule has 0 aliphatic rings. The van der Waals surface area contributed by atoms with Crippen molar-refractivity contribution in [2.45, 2.75) is 0 Å². The largest absolute Gasteiger partial charge is 0.428 e. The third-order valence-electron chi connectivity index (χ3n) is 2.62. The molecular formula is C14H8BrClN2OS. The second-order valence-corrected chi connectivity index (χ2v) is 6.56. The Morgan fingerprint density at radius 2 is 1.80 bits per heavy atom. The fraction of sp³-hybridized carbons (Fsp3) is 0. The number of nitrogens with zero attached hydrogens (tertiary/aromatic N) is 2. The molecule has 1 aromatic heterocycles. The van der Waals surface area contributed by atoms with Crippen LogP contribution in [0.1, 0.15) is 0 Å². The molecule has 3 aromatic rings. The number of aromatic nitrogens is 2. The average Bonchev–Trinajstić information content (AvgIpc) is 2.87. The Morgan fingerprint density at radius 3 is 2.45 bits per heavy atom. The Balaban J connectivity index is 1.88. The van der Waals surface area contributed by atoms with Crippen molar-refractivity contribution in [1.82, 2.24) is 10.2 Å². The molecular weight excluding hydrogens is 360 g/mol. The van der Waals surface area contributed by atoms with Crippen molar-refractivity contribution in [3.05, 3.63) is 57.5 Å². The zero-order valence-electron chi connectivity index (χ0n) is 10.1. The number of ether oxygens (including phenoxy) is 1. The maximum Gasteiger partial charge on any atom is 0.300 e. The van der Waals surface area contributed by atoms with Crippen LogP contribution in [0, 0.1) is 0 Å². The first-order chi connectivity index (χ1) is 9.72. The highest BCUT2D eigenvalue weighted by atomic mass is 79.9. The van der Waals surface area contributed by atoms with Crippen LogP contribution in [0.2, 0.25) is 5.02 Å². The number of hydrogen-bond donors (Lipinski definition) is 0. The molecule has 0 aliphatic carbocycles. The lowest BCUT2D eigenvalue weighted by Crippen LogP contribution is -1.86. The van der Waals surface area contributed by atoms with E-state index < -0.39 is 0 Å². The molecule has 0 N–H and O–H groups in total. The van der Waals surface area contributed by atoms with Crippen LogP contribution in [-0.2, 0) is 0 Å². The third-order valence-corrected chi connectivity index (χ3v) is 4.15. The molecule has 0 spiro atoms. The number of halogens is 2. The van der Waals surface area contributed by atoms with Gasteiger partial charge in [-0.3, -0.25) is 0 Å². The molecule has 2 aromatic carbocycles. The van der Waals surface area contributed by atoms with E-state index in [0.29, 0.717) is 19.9 Å². The zero-order chi connectivity index (χ0) is 13.9. The van der Waals surface area contributed by atoms with Crippen molar-refractivity contribution < 1.29 is 4.74 Å². The number of benzene rings is 2. The summed E-state index contributed by atoms with van der Waals surface area (Å²) in [6, 6.07) is 15.7. The van der Waals surface area contributed by atoms with Gasteiger partial charge in [-0.05, 0) is 50.5 Å². The molecule has 100 valence electrons. The molecule has 0 saturated carbocycles. The highest BCUT2D eigenvalue weighted by Crippen LogP contribution is 2.34. The van der Waals surface area contributed by atoms with Gasteiger partial charge in [-0.2, -0.15) is 0 Å². The van der Waals surface area contributed by atoms with Gasteiger partial charge in [0.2, 0.25) is 0 Å². The van der Waals surface area contributed by atoms with Crippen molar-refractivity contribution in [2.24, 2.45) is 0 Å². The van der Waals surface area contributed by atoms with E-state index in [1.165, 1.54) is 11.3 Å². The summed E-state index contributed by atoms with van der Waals surface area (Å²) in [6.45, 7) is 0. The quantitative estimate of drug-likeness (QED) is 0.620. The zero-order valence-corrected chi connectivity index (χ0v) is 13.2. The van der Waals surface area contributed by atoms with E-state index in [9.17, 15) is 0 Å². The van der Waals surface area contributed by atoms with E-state index in [1.54, 1.807) is 0 Å². The molecule has 0 saturated heterocycles. The third kappa shape index (κ3) is 3.00. The Bertz CT molecular complexity index is 733. The standard InChI is InChI=1S/C14H8BrClN2OS/c15-13-17-18-14(20-13)19-12-7-6-10(8-11(12)16)9-4-2-1-3-5-9/h1-8H. The second-order valence-electron chi connectivity index (χ2n) is 3.93. The van der Waals surface area contributed by atoms with Gasteiger partial charge >= 0.3 is 0 Å². The molecule has 1 heterocycles. The number of rotatable bonds is 3. The lowest BCUT2D eigenvalue weighted by molar-refractivity contribution is 0.473. The van der Waals surface area contributed by atoms with Gasteiger partial charge in [-0.25, -0.2) is 0 Å². The van der Waals surface area contributed by atoms with Crippen LogP contribution in [0.3, 0.4) is 0 Å². The maximum absolute atomic E-state index is 6.26. The summed E-state index contributed by atoms with van der Waals surface area (Å²) >= 11 is 10.8. The van der Waals surface area contributed by atoms with Gasteiger partial charge in [0.05, 0.1) is 5.02 Å². The van der Waals surface area contributed by atoms with Crippen LogP contribution in [0.15, 0.2) is 52.4 Å². The van der Waals surface area contributed by atoms with Crippen molar-refractivity contribution in [3.63, 3.8) is 0 Å². The summed E-state index contributed by atoms with van der Waals surface area (Å²) in [5.74, 6) is 0.565. The van der Waals surface area contributed by atoms with E-state index in [0.717, 1.165) is 11.1 Å². The Kier molecular flexibility index (Phi) is 4.00. The summed E-state index contributed by atoms with van der Waals surface area (Å²) in [5.41, 5.74) is 2.15. The highest BCUT2D eigenvalue weighted by molar-refractivity contribution is 9.11. The fourth-order valence-corrected chi connectivity index (χ4v) is 2.87. The Labute approximate surface area is 133 Å². The lowest BCUT2D eigenvalue weighted by atomic mass is 10.1. The van der Waals surface area contributed by atoms with Gasteiger partial charge in [0.15, 0.2) is 3.92 Å². The van der Waals surface area contributed by atoms with Gasteiger partial charge in [0.1, 0.15) is 5.75 Å². The molecule has 0 amide bonds. The summed E-state index contributed by atoms with van der Waals surface area (Å²) in [5, 5.41) is 8.69. The molecule has 6 heteroatoms. The van der Waals surface area contributed by atoms with Crippen LogP contribution in [0.4, 0.5) is 0 Å². The molecule has 0 atom stereocenters. The fourth-order valence-electron chi connectivity index (χ4n) is 1.72. The van der Waals surface area contributed by atoms with Gasteiger partial charge in [-0.15, -0.1) is 5.10 Å². The topological polar surface area (TPSA) is 35.0 Å². The van der Waals surface area contributed by atoms with Crippen molar-refractivity contribution in [3.8, 4) is 22.1 Å². The van der Waals surface area contributed by atoms with Crippen molar-refractivity contribution >= 4 is 38.9 Å². The maximum atomic E-state index is 6.26. The average molecular weight is 368 g/mol. The SMILES string of the molecule is Clc1cc(-c2ccccc2)ccc1Oc1nnc(Br)s1. The predicted octanol–water partition coefficient (Wildman–Crippen LogP) is 5.41. The summed E-state index contributed by atoms with van der Waals surface area (Å²) < 4.78 is 6.27. The van der Waals surface area contributed by atoms with Crippen LogP contribution in [0.25, 0.3) is 11.1 Å².